The van der Waals surface area contributed by atoms with Crippen LogP contribution < -0.4 is 15.9 Å². The van der Waals surface area contributed by atoms with Crippen molar-refractivity contribution < 1.29 is 0 Å². The minimum Gasteiger partial charge on any atom is -0.0776 e. The molecule has 0 atom stereocenters. The van der Waals surface area contributed by atoms with Crippen molar-refractivity contribution in [1.29, 1.82) is 0 Å². The molecule has 158 valence electrons. The maximum absolute atomic E-state index is 2.23. The van der Waals surface area contributed by atoms with E-state index in [4.69, 9.17) is 0 Å². The standard InChI is InChI=1S/C18H15P.C12H10.CH4/c1-4-10-16(11-5-1)19(17-12-6-2-7-13-17)18-14-8-3-9-15-18;1-3-7-11(8-4-1)12-9-5-2-6-10-12;/h1-15H;1-10H;1H4. The molecule has 0 aliphatic heterocycles. The molecule has 0 spiro atoms. The molecule has 0 nitrogen and oxygen atoms in total. The third-order valence-electron chi connectivity index (χ3n) is 4.92. The monoisotopic (exact) mass is 432 g/mol. The van der Waals surface area contributed by atoms with Crippen LogP contribution in [0.1, 0.15) is 7.43 Å². The molecule has 0 saturated heterocycles. The summed E-state index contributed by atoms with van der Waals surface area (Å²) >= 11 is 0. The van der Waals surface area contributed by atoms with Crippen LogP contribution in [0, 0.1) is 0 Å². The molecular formula is C31H29P. The Kier molecular flexibility index (Phi) is 8.99. The Balaban J connectivity index is 0.000000193. The van der Waals surface area contributed by atoms with Gasteiger partial charge >= 0.3 is 0 Å². The van der Waals surface area contributed by atoms with Crippen molar-refractivity contribution in [3.63, 3.8) is 0 Å². The quantitative estimate of drug-likeness (QED) is 0.259. The fraction of sp³-hybridized carbons (Fsp3) is 0.0323. The van der Waals surface area contributed by atoms with Gasteiger partial charge in [0.15, 0.2) is 0 Å². The molecule has 5 aromatic carbocycles. The van der Waals surface area contributed by atoms with Crippen molar-refractivity contribution in [2.24, 2.45) is 0 Å². The van der Waals surface area contributed by atoms with E-state index in [0.29, 0.717) is 0 Å². The summed E-state index contributed by atoms with van der Waals surface area (Å²) < 4.78 is 0. The van der Waals surface area contributed by atoms with Gasteiger partial charge in [0.05, 0.1) is 0 Å². The first-order valence-electron chi connectivity index (χ1n) is 10.5. The number of hydrogen-bond donors (Lipinski definition) is 0. The maximum Gasteiger partial charge on any atom is -0.0134 e. The van der Waals surface area contributed by atoms with E-state index < -0.39 is 7.92 Å². The molecule has 0 fully saturated rings. The van der Waals surface area contributed by atoms with Crippen molar-refractivity contribution in [2.45, 2.75) is 7.43 Å². The highest BCUT2D eigenvalue weighted by Crippen LogP contribution is 2.32. The van der Waals surface area contributed by atoms with E-state index in [1.807, 2.05) is 12.1 Å². The summed E-state index contributed by atoms with van der Waals surface area (Å²) in [5.74, 6) is 0. The Morgan fingerprint density at radius 3 is 0.750 bits per heavy atom. The van der Waals surface area contributed by atoms with Gasteiger partial charge in [-0.25, -0.2) is 0 Å². The lowest BCUT2D eigenvalue weighted by Gasteiger charge is -2.18. The van der Waals surface area contributed by atoms with Gasteiger partial charge in [-0.3, -0.25) is 0 Å². The maximum atomic E-state index is 2.23. The Morgan fingerprint density at radius 1 is 0.281 bits per heavy atom. The van der Waals surface area contributed by atoms with Gasteiger partial charge in [-0.15, -0.1) is 0 Å². The van der Waals surface area contributed by atoms with Gasteiger partial charge in [0, 0.05) is 0 Å². The summed E-state index contributed by atoms with van der Waals surface area (Å²) in [7, 11) is -0.446. The van der Waals surface area contributed by atoms with Crippen LogP contribution in [0.5, 0.6) is 0 Å². The van der Waals surface area contributed by atoms with Crippen LogP contribution in [0.3, 0.4) is 0 Å². The third-order valence-corrected chi connectivity index (χ3v) is 7.37. The molecule has 0 aromatic heterocycles. The van der Waals surface area contributed by atoms with E-state index in [1.54, 1.807) is 0 Å². The second kappa shape index (κ2) is 12.4. The van der Waals surface area contributed by atoms with Crippen LogP contribution in [0.25, 0.3) is 11.1 Å². The molecule has 32 heavy (non-hydrogen) atoms. The van der Waals surface area contributed by atoms with Crippen molar-refractivity contribution in [3.05, 3.63) is 152 Å². The smallest absolute Gasteiger partial charge is 0.0134 e. The molecule has 0 heterocycles. The summed E-state index contributed by atoms with van der Waals surface area (Å²) in [6.07, 6.45) is 0. The molecule has 5 aromatic rings. The molecule has 0 aliphatic rings. The Hall–Kier alpha value is -3.47. The summed E-state index contributed by atoms with van der Waals surface area (Å²) in [5.41, 5.74) is 2.55. The van der Waals surface area contributed by atoms with Crippen molar-refractivity contribution >= 4 is 23.8 Å². The third kappa shape index (κ3) is 6.27. The lowest BCUT2D eigenvalue weighted by molar-refractivity contribution is 1.62. The van der Waals surface area contributed by atoms with Crippen molar-refractivity contribution in [2.75, 3.05) is 0 Å². The van der Waals surface area contributed by atoms with Crippen LogP contribution in [0.2, 0.25) is 0 Å². The first-order valence-corrected chi connectivity index (χ1v) is 11.8. The summed E-state index contributed by atoms with van der Waals surface area (Å²) in [4.78, 5) is 0. The zero-order chi connectivity index (χ0) is 21.1. The predicted octanol–water partition coefficient (Wildman–Crippen LogP) is 7.43. The second-order valence-electron chi connectivity index (χ2n) is 7.07. The van der Waals surface area contributed by atoms with Crippen LogP contribution in [-0.4, -0.2) is 0 Å². The zero-order valence-electron chi connectivity index (χ0n) is 17.4. The van der Waals surface area contributed by atoms with Gasteiger partial charge in [0.2, 0.25) is 0 Å². The minimum absolute atomic E-state index is 0. The lowest BCUT2D eigenvalue weighted by atomic mass is 10.1. The first kappa shape index (κ1) is 23.2. The number of benzene rings is 5. The SMILES string of the molecule is C.c1ccc(-c2ccccc2)cc1.c1ccc(P(c2ccccc2)c2ccccc2)cc1. The van der Waals surface area contributed by atoms with Gasteiger partial charge in [-0.2, -0.15) is 0 Å². The Labute approximate surface area is 194 Å². The van der Waals surface area contributed by atoms with E-state index >= 15 is 0 Å². The van der Waals surface area contributed by atoms with Crippen molar-refractivity contribution in [3.8, 4) is 11.1 Å². The van der Waals surface area contributed by atoms with Crippen LogP contribution in [0.4, 0.5) is 0 Å². The molecule has 0 bridgehead atoms. The molecule has 5 rings (SSSR count). The van der Waals surface area contributed by atoms with Crippen LogP contribution in [0.15, 0.2) is 152 Å². The fourth-order valence-corrected chi connectivity index (χ4v) is 5.74. The van der Waals surface area contributed by atoms with Gasteiger partial charge in [-0.1, -0.05) is 159 Å². The van der Waals surface area contributed by atoms with Gasteiger partial charge in [0.25, 0.3) is 0 Å². The van der Waals surface area contributed by atoms with Crippen LogP contribution in [-0.2, 0) is 0 Å². The minimum atomic E-state index is -0.446. The highest BCUT2D eigenvalue weighted by molar-refractivity contribution is 7.79. The molecule has 0 amide bonds. The summed E-state index contributed by atoms with van der Waals surface area (Å²) in [6, 6.07) is 53.1. The molecule has 1 heteroatoms. The zero-order valence-corrected chi connectivity index (χ0v) is 18.3. The molecular weight excluding hydrogens is 403 g/mol. The highest BCUT2D eigenvalue weighted by Gasteiger charge is 2.14. The summed E-state index contributed by atoms with van der Waals surface area (Å²) in [6.45, 7) is 0. The largest absolute Gasteiger partial charge is 0.0776 e. The fourth-order valence-electron chi connectivity index (χ4n) is 3.44. The van der Waals surface area contributed by atoms with E-state index in [1.165, 1.54) is 27.0 Å². The molecule has 0 saturated carbocycles. The Morgan fingerprint density at radius 2 is 0.500 bits per heavy atom. The summed E-state index contributed by atoms with van der Waals surface area (Å²) in [5, 5.41) is 4.19. The molecule has 0 radical (unpaired) electrons. The Bertz CT molecular complexity index is 1010. The molecule has 0 unspecified atom stereocenters. The molecule has 0 aliphatic carbocycles. The topological polar surface area (TPSA) is 0 Å². The van der Waals surface area contributed by atoms with Crippen molar-refractivity contribution in [1.82, 2.24) is 0 Å². The average Bonchev–Trinajstić information content (AvgIpc) is 2.88. The first-order chi connectivity index (χ1) is 15.4. The predicted molar refractivity (Wildman–Crippen MR) is 144 cm³/mol. The van der Waals surface area contributed by atoms with Gasteiger partial charge in [0.1, 0.15) is 0 Å². The average molecular weight is 433 g/mol. The van der Waals surface area contributed by atoms with Gasteiger partial charge in [-0.05, 0) is 35.0 Å². The number of hydrogen-bond acceptors (Lipinski definition) is 0. The van der Waals surface area contributed by atoms with Gasteiger partial charge < -0.3 is 0 Å². The number of rotatable bonds is 4. The second-order valence-corrected chi connectivity index (χ2v) is 9.29. The van der Waals surface area contributed by atoms with Crippen LogP contribution >= 0.6 is 7.92 Å². The van der Waals surface area contributed by atoms with E-state index in [2.05, 4.69) is 140 Å². The van der Waals surface area contributed by atoms with E-state index in [-0.39, 0.29) is 7.43 Å². The lowest BCUT2D eigenvalue weighted by Crippen LogP contribution is -2.20. The molecule has 0 N–H and O–H groups in total. The van der Waals surface area contributed by atoms with E-state index in [0.717, 1.165) is 0 Å². The van der Waals surface area contributed by atoms with E-state index in [9.17, 15) is 0 Å². The highest BCUT2D eigenvalue weighted by atomic mass is 31.1. The normalized spacial score (nSPS) is 9.91.